The van der Waals surface area contributed by atoms with Gasteiger partial charge in [-0.05, 0) is 24.2 Å². The Balaban J connectivity index is 4.01. The van der Waals surface area contributed by atoms with Gasteiger partial charge in [0.25, 0.3) is 0 Å². The van der Waals surface area contributed by atoms with E-state index >= 15 is 0 Å². The summed E-state index contributed by atoms with van der Waals surface area (Å²) in [6.45, 7) is 4.21. The van der Waals surface area contributed by atoms with Gasteiger partial charge in [0, 0.05) is 0 Å². The Labute approximate surface area is 70.3 Å². The summed E-state index contributed by atoms with van der Waals surface area (Å²) in [6.07, 6.45) is 4.80. The Morgan fingerprint density at radius 3 is 2.27 bits per heavy atom. The third-order valence-corrected chi connectivity index (χ3v) is 4.22. The molecule has 0 aliphatic carbocycles. The number of carbonyl (C=O) groups is 1. The van der Waals surface area contributed by atoms with Crippen LogP contribution in [0, 0.1) is 5.92 Å². The highest BCUT2D eigenvalue weighted by Crippen LogP contribution is 2.42. The molecule has 2 nitrogen and oxygen atoms in total. The van der Waals surface area contributed by atoms with Gasteiger partial charge >= 0.3 is 5.30 Å². The van der Waals surface area contributed by atoms with Gasteiger partial charge in [-0.25, -0.2) is 4.79 Å². The summed E-state index contributed by atoms with van der Waals surface area (Å²) in [5, 5.41) is 8.21. The predicted octanol–water partition coefficient (Wildman–Crippen LogP) is 2.77. The molecule has 68 valence electrons. The summed E-state index contributed by atoms with van der Waals surface area (Å²) < 4.78 is 0. The Hall–Kier alpha value is -0.180. The molecule has 1 unspecified atom stereocenters. The first-order valence-electron chi connectivity index (χ1n) is 3.84. The molecule has 0 radical (unpaired) electrons. The van der Waals surface area contributed by atoms with E-state index in [4.69, 9.17) is 5.11 Å². The highest BCUT2D eigenvalue weighted by atomic mass is 32.3. The van der Waals surface area contributed by atoms with Crippen LogP contribution in [0.2, 0.25) is 0 Å². The Kier molecular flexibility index (Phi) is 3.93. The Morgan fingerprint density at radius 1 is 1.55 bits per heavy atom. The van der Waals surface area contributed by atoms with E-state index in [-0.39, 0.29) is 0 Å². The summed E-state index contributed by atoms with van der Waals surface area (Å²) in [5.74, 6) is 1.38. The Bertz CT molecular complexity index is 143. The normalized spacial score (nSPS) is 16.0. The topological polar surface area (TPSA) is 37.3 Å². The molecule has 0 aromatic carbocycles. The third kappa shape index (κ3) is 3.65. The number of carboxylic acid groups (broad SMARTS) is 1. The van der Waals surface area contributed by atoms with Crippen molar-refractivity contribution in [3.63, 3.8) is 0 Å². The van der Waals surface area contributed by atoms with Crippen LogP contribution in [0.1, 0.15) is 20.3 Å². The molecule has 0 aliphatic rings. The molecular weight excluding hydrogens is 160 g/mol. The largest absolute Gasteiger partial charge is 0.474 e. The van der Waals surface area contributed by atoms with Gasteiger partial charge in [0.05, 0.1) is 0 Å². The average molecular weight is 178 g/mol. The fourth-order valence-corrected chi connectivity index (χ4v) is 2.70. The van der Waals surface area contributed by atoms with Crippen molar-refractivity contribution < 1.29 is 9.90 Å². The number of hydrogen-bond acceptors (Lipinski definition) is 1. The molecule has 0 bridgehead atoms. The van der Waals surface area contributed by atoms with E-state index in [0.717, 1.165) is 12.2 Å². The van der Waals surface area contributed by atoms with Crippen molar-refractivity contribution in [2.24, 2.45) is 5.92 Å². The first-order chi connectivity index (χ1) is 4.90. The van der Waals surface area contributed by atoms with Gasteiger partial charge in [0.2, 0.25) is 0 Å². The monoisotopic (exact) mass is 178 g/mol. The zero-order chi connectivity index (χ0) is 9.07. The second-order valence-corrected chi connectivity index (χ2v) is 7.24. The minimum Gasteiger partial charge on any atom is -0.474 e. The third-order valence-electron chi connectivity index (χ3n) is 1.87. The highest BCUT2D eigenvalue weighted by molar-refractivity contribution is 8.43. The quantitative estimate of drug-likeness (QED) is 0.721. The summed E-state index contributed by atoms with van der Waals surface area (Å²) >= 11 is 0. The van der Waals surface area contributed by atoms with Crippen LogP contribution in [0.4, 0.5) is 4.79 Å². The SMILES string of the molecule is CCC(C)CS(C)(C)C(=O)O. The van der Waals surface area contributed by atoms with Gasteiger partial charge in [-0.1, -0.05) is 20.3 Å². The zero-order valence-electron chi connectivity index (χ0n) is 7.76. The summed E-state index contributed by atoms with van der Waals surface area (Å²) in [5.41, 5.74) is 0. The summed E-state index contributed by atoms with van der Waals surface area (Å²) in [6, 6.07) is 0. The van der Waals surface area contributed by atoms with Crippen LogP contribution < -0.4 is 0 Å². The first-order valence-corrected chi connectivity index (χ1v) is 6.46. The second-order valence-electron chi connectivity index (χ2n) is 3.48. The lowest BCUT2D eigenvalue weighted by Gasteiger charge is -2.28. The maximum absolute atomic E-state index is 10.7. The molecule has 0 saturated heterocycles. The molecular formula is C8H18O2S. The summed E-state index contributed by atoms with van der Waals surface area (Å²) in [7, 11) is -1.39. The maximum atomic E-state index is 10.7. The van der Waals surface area contributed by atoms with Gasteiger partial charge < -0.3 is 5.11 Å². The lowest BCUT2D eigenvalue weighted by molar-refractivity contribution is 0.221. The lowest BCUT2D eigenvalue weighted by atomic mass is 10.2. The van der Waals surface area contributed by atoms with E-state index in [1.165, 1.54) is 0 Å². The average Bonchev–Trinajstić information content (AvgIpc) is 1.86. The molecule has 1 atom stereocenters. The summed E-state index contributed by atoms with van der Waals surface area (Å²) in [4.78, 5) is 10.7. The van der Waals surface area contributed by atoms with Crippen LogP contribution >= 0.6 is 10.0 Å². The van der Waals surface area contributed by atoms with E-state index in [2.05, 4.69) is 13.8 Å². The van der Waals surface area contributed by atoms with Crippen LogP contribution in [-0.4, -0.2) is 28.7 Å². The minimum atomic E-state index is -1.39. The van der Waals surface area contributed by atoms with Gasteiger partial charge in [0.15, 0.2) is 0 Å². The first kappa shape index (κ1) is 10.8. The second kappa shape index (κ2) is 4.00. The predicted molar refractivity (Wildman–Crippen MR) is 51.8 cm³/mol. The van der Waals surface area contributed by atoms with Crippen LogP contribution in [0.3, 0.4) is 0 Å². The molecule has 3 heteroatoms. The molecule has 0 aromatic heterocycles. The smallest absolute Gasteiger partial charge is 0.346 e. The minimum absolute atomic E-state index is 0.538. The van der Waals surface area contributed by atoms with Crippen LogP contribution in [0.15, 0.2) is 0 Å². The van der Waals surface area contributed by atoms with Gasteiger partial charge in [0.1, 0.15) is 0 Å². The van der Waals surface area contributed by atoms with Crippen molar-refractivity contribution in [2.75, 3.05) is 18.3 Å². The molecule has 0 rings (SSSR count). The van der Waals surface area contributed by atoms with Crippen LogP contribution in [0.5, 0.6) is 0 Å². The molecule has 0 amide bonds. The van der Waals surface area contributed by atoms with Crippen molar-refractivity contribution in [1.29, 1.82) is 0 Å². The molecule has 0 heterocycles. The van der Waals surface area contributed by atoms with Crippen molar-refractivity contribution >= 4 is 15.3 Å². The standard InChI is InChI=1S/C8H18O2S/c1-5-7(2)6-11(3,4)8(9)10/h7H,5-6H2,1-4H3,(H,9,10). The molecule has 0 aliphatic heterocycles. The van der Waals surface area contributed by atoms with Crippen molar-refractivity contribution in [3.05, 3.63) is 0 Å². The molecule has 0 fully saturated rings. The maximum Gasteiger partial charge on any atom is 0.346 e. The molecule has 0 aromatic rings. The van der Waals surface area contributed by atoms with Crippen molar-refractivity contribution in [2.45, 2.75) is 20.3 Å². The zero-order valence-corrected chi connectivity index (χ0v) is 8.57. The molecule has 11 heavy (non-hydrogen) atoms. The molecule has 0 saturated carbocycles. The van der Waals surface area contributed by atoms with Crippen molar-refractivity contribution in [3.8, 4) is 0 Å². The fourth-order valence-electron chi connectivity index (χ4n) is 0.900. The van der Waals surface area contributed by atoms with E-state index in [9.17, 15) is 4.79 Å². The van der Waals surface area contributed by atoms with E-state index < -0.39 is 15.3 Å². The van der Waals surface area contributed by atoms with Crippen LogP contribution in [0.25, 0.3) is 0 Å². The number of rotatable bonds is 3. The van der Waals surface area contributed by atoms with Gasteiger partial charge in [-0.15, -0.1) is 10.0 Å². The van der Waals surface area contributed by atoms with E-state index in [0.29, 0.717) is 5.92 Å². The van der Waals surface area contributed by atoms with E-state index in [1.54, 1.807) is 0 Å². The Morgan fingerprint density at radius 2 is 2.00 bits per heavy atom. The van der Waals surface area contributed by atoms with E-state index in [1.807, 2.05) is 12.5 Å². The lowest BCUT2D eigenvalue weighted by Crippen LogP contribution is -2.15. The van der Waals surface area contributed by atoms with Crippen molar-refractivity contribution in [1.82, 2.24) is 0 Å². The van der Waals surface area contributed by atoms with Gasteiger partial charge in [-0.3, -0.25) is 0 Å². The molecule has 0 spiro atoms. The van der Waals surface area contributed by atoms with Gasteiger partial charge in [-0.2, -0.15) is 0 Å². The number of hydrogen-bond donors (Lipinski definition) is 1. The molecule has 1 N–H and O–H groups in total. The fraction of sp³-hybridized carbons (Fsp3) is 0.875. The highest BCUT2D eigenvalue weighted by Gasteiger charge is 2.22. The van der Waals surface area contributed by atoms with Crippen LogP contribution in [-0.2, 0) is 0 Å².